The highest BCUT2D eigenvalue weighted by atomic mass is 28.3. The van der Waals surface area contributed by atoms with Gasteiger partial charge in [0.2, 0.25) is 0 Å². The summed E-state index contributed by atoms with van der Waals surface area (Å²) < 4.78 is 23.2. The average molecular weight is 586 g/mol. The lowest BCUT2D eigenvalue weighted by Gasteiger charge is -2.39. The lowest BCUT2D eigenvalue weighted by atomic mass is 10.1. The van der Waals surface area contributed by atoms with E-state index in [1.165, 1.54) is 0 Å². The third-order valence-electron chi connectivity index (χ3n) is 6.93. The number of benzene rings is 2. The minimum Gasteiger partial charge on any atom is -0.468 e. The van der Waals surface area contributed by atoms with Gasteiger partial charge in [-0.2, -0.15) is 0 Å². The number of aliphatic hydroxyl groups is 1. The fraction of sp³-hybridized carbons (Fsp3) is 0.483. The van der Waals surface area contributed by atoms with Gasteiger partial charge in [-0.25, -0.2) is 4.79 Å². The molecule has 12 heteroatoms. The van der Waals surface area contributed by atoms with Gasteiger partial charge in [-0.15, -0.1) is 0 Å². The molecule has 222 valence electrons. The number of carbonyl (C=O) groups is 3. The highest BCUT2D eigenvalue weighted by Gasteiger charge is 2.38. The summed E-state index contributed by atoms with van der Waals surface area (Å²) in [5, 5.41) is 14.0. The van der Waals surface area contributed by atoms with Crippen LogP contribution in [-0.2, 0) is 26.8 Å². The molecule has 0 radical (unpaired) electrons. The van der Waals surface area contributed by atoms with Crippen molar-refractivity contribution in [3.63, 3.8) is 0 Å². The normalized spacial score (nSPS) is 17.8. The molecule has 2 aromatic rings. The molecule has 1 fully saturated rings. The maximum absolute atomic E-state index is 13.2. The Hall–Kier alpha value is -3.45. The fourth-order valence-electron chi connectivity index (χ4n) is 4.81. The molecule has 2 aliphatic rings. The van der Waals surface area contributed by atoms with Crippen LogP contribution in [0.15, 0.2) is 42.5 Å². The summed E-state index contributed by atoms with van der Waals surface area (Å²) >= 11 is 0. The minimum absolute atomic E-state index is 0.0200. The summed E-state index contributed by atoms with van der Waals surface area (Å²) in [4.78, 5) is 40.5. The highest BCUT2D eigenvalue weighted by molar-refractivity contribution is 6.59. The minimum atomic E-state index is -2.38. The smallest absolute Gasteiger partial charge is 0.402 e. The summed E-state index contributed by atoms with van der Waals surface area (Å²) in [6.07, 6.45) is -0.492. The molecule has 0 bridgehead atoms. The van der Waals surface area contributed by atoms with E-state index in [0.29, 0.717) is 49.2 Å². The molecular formula is C29H39N3O8Si. The monoisotopic (exact) mass is 585 g/mol. The molecular weight excluding hydrogens is 546 g/mol. The first-order valence-corrected chi connectivity index (χ1v) is 15.7. The molecule has 41 heavy (non-hydrogen) atoms. The van der Waals surface area contributed by atoms with Gasteiger partial charge >= 0.3 is 6.09 Å². The number of nitrogens with zero attached hydrogens (tertiary/aromatic N) is 2. The maximum Gasteiger partial charge on any atom is 0.402 e. The van der Waals surface area contributed by atoms with Gasteiger partial charge in [-0.05, 0) is 74.3 Å². The Morgan fingerprint density at radius 1 is 1.05 bits per heavy atom. The molecule has 2 N–H and O–H groups in total. The third-order valence-corrected chi connectivity index (χ3v) is 10.1. The van der Waals surface area contributed by atoms with Gasteiger partial charge in [0.1, 0.15) is 11.4 Å². The SMILES string of the molecule is COCOc1ccc2c(c1)CN(C(=O)OC(C)(C)C)[Si@H]([C@H](O)CNC(=O)c1ccc(C(=O)N3CCOCC3)cc1)C2. The van der Waals surface area contributed by atoms with Crippen molar-refractivity contribution < 1.29 is 38.4 Å². The van der Waals surface area contributed by atoms with Crippen molar-refractivity contribution in [2.24, 2.45) is 0 Å². The second-order valence-electron chi connectivity index (χ2n) is 11.1. The topological polar surface area (TPSA) is 127 Å². The molecule has 3 amide bonds. The number of hydrogen-bond acceptors (Lipinski definition) is 8. The number of carbonyl (C=O) groups excluding carboxylic acids is 3. The molecule has 2 aromatic carbocycles. The van der Waals surface area contributed by atoms with Crippen LogP contribution in [0.2, 0.25) is 0 Å². The van der Waals surface area contributed by atoms with Crippen LogP contribution in [0.3, 0.4) is 0 Å². The van der Waals surface area contributed by atoms with E-state index in [1.54, 1.807) is 61.6 Å². The van der Waals surface area contributed by atoms with Gasteiger partial charge in [0.25, 0.3) is 11.8 Å². The quantitative estimate of drug-likeness (QED) is 0.356. The van der Waals surface area contributed by atoms with Crippen LogP contribution in [0.4, 0.5) is 4.79 Å². The van der Waals surface area contributed by atoms with E-state index in [9.17, 15) is 19.5 Å². The van der Waals surface area contributed by atoms with E-state index in [0.717, 1.165) is 11.1 Å². The predicted octanol–water partition coefficient (Wildman–Crippen LogP) is 2.03. The van der Waals surface area contributed by atoms with Crippen LogP contribution < -0.4 is 10.1 Å². The Labute approximate surface area is 242 Å². The van der Waals surface area contributed by atoms with Crippen LogP contribution in [-0.4, -0.2) is 99.5 Å². The van der Waals surface area contributed by atoms with Crippen molar-refractivity contribution in [3.05, 3.63) is 64.7 Å². The van der Waals surface area contributed by atoms with Gasteiger partial charge < -0.3 is 38.8 Å². The number of morpholine rings is 1. The molecule has 0 unspecified atom stereocenters. The van der Waals surface area contributed by atoms with Crippen LogP contribution in [0.25, 0.3) is 0 Å². The van der Waals surface area contributed by atoms with E-state index in [-0.39, 0.29) is 31.7 Å². The van der Waals surface area contributed by atoms with Crippen molar-refractivity contribution in [1.82, 2.24) is 14.8 Å². The third kappa shape index (κ3) is 8.06. The number of rotatable bonds is 8. The summed E-state index contributed by atoms with van der Waals surface area (Å²) in [5.74, 6) is 0.155. The van der Waals surface area contributed by atoms with Gasteiger partial charge in [0.05, 0.1) is 18.9 Å². The molecule has 0 aromatic heterocycles. The number of amides is 3. The zero-order valence-corrected chi connectivity index (χ0v) is 25.2. The summed E-state index contributed by atoms with van der Waals surface area (Å²) in [6, 6.07) is 12.6. The number of fused-ring (bicyclic) bond motifs is 1. The van der Waals surface area contributed by atoms with Crippen molar-refractivity contribution in [1.29, 1.82) is 0 Å². The lowest BCUT2D eigenvalue weighted by Crippen LogP contribution is -2.58. The highest BCUT2D eigenvalue weighted by Crippen LogP contribution is 2.28. The molecule has 11 nitrogen and oxygen atoms in total. The van der Waals surface area contributed by atoms with Crippen molar-refractivity contribution >= 4 is 26.9 Å². The average Bonchev–Trinajstić information content (AvgIpc) is 2.97. The summed E-state index contributed by atoms with van der Waals surface area (Å²) in [5.41, 5.74) is 1.19. The lowest BCUT2D eigenvalue weighted by molar-refractivity contribution is 0.0302. The van der Waals surface area contributed by atoms with Gasteiger partial charge in [-0.3, -0.25) is 9.59 Å². The summed E-state index contributed by atoms with van der Waals surface area (Å²) in [6.45, 7) is 7.86. The molecule has 0 saturated carbocycles. The molecule has 2 heterocycles. The number of hydrogen-bond donors (Lipinski definition) is 2. The van der Waals surface area contributed by atoms with Crippen LogP contribution in [0.1, 0.15) is 52.6 Å². The summed E-state index contributed by atoms with van der Waals surface area (Å²) in [7, 11) is -0.832. The predicted molar refractivity (Wildman–Crippen MR) is 153 cm³/mol. The van der Waals surface area contributed by atoms with Crippen LogP contribution >= 0.6 is 0 Å². The van der Waals surface area contributed by atoms with Crippen molar-refractivity contribution in [2.75, 3.05) is 46.8 Å². The Morgan fingerprint density at radius 2 is 1.73 bits per heavy atom. The zero-order valence-electron chi connectivity index (χ0n) is 24.1. The maximum atomic E-state index is 13.2. The van der Waals surface area contributed by atoms with E-state index in [1.807, 2.05) is 18.2 Å². The largest absolute Gasteiger partial charge is 0.468 e. The number of ether oxygens (including phenoxy) is 4. The first-order chi connectivity index (χ1) is 19.6. The second kappa shape index (κ2) is 13.5. The second-order valence-corrected chi connectivity index (χ2v) is 14.1. The van der Waals surface area contributed by atoms with Gasteiger partial charge in [-0.1, -0.05) is 6.07 Å². The van der Waals surface area contributed by atoms with E-state index >= 15 is 0 Å². The first kappa shape index (κ1) is 30.5. The Bertz CT molecular complexity index is 1230. The Kier molecular flexibility index (Phi) is 10.0. The van der Waals surface area contributed by atoms with E-state index in [2.05, 4.69) is 5.32 Å². The Morgan fingerprint density at radius 3 is 2.39 bits per heavy atom. The van der Waals surface area contributed by atoms with E-state index in [4.69, 9.17) is 18.9 Å². The number of aliphatic hydroxyl groups excluding tert-OH is 1. The Balaban J connectivity index is 1.42. The van der Waals surface area contributed by atoms with Crippen molar-refractivity contribution in [3.8, 4) is 5.75 Å². The number of methoxy groups -OCH3 is 1. The molecule has 4 rings (SSSR count). The van der Waals surface area contributed by atoms with E-state index < -0.39 is 26.4 Å². The van der Waals surface area contributed by atoms with Gasteiger partial charge in [0, 0.05) is 44.4 Å². The fourth-order valence-corrected chi connectivity index (χ4v) is 7.72. The molecule has 0 spiro atoms. The first-order valence-electron chi connectivity index (χ1n) is 13.7. The van der Waals surface area contributed by atoms with Crippen LogP contribution in [0.5, 0.6) is 5.75 Å². The van der Waals surface area contributed by atoms with Gasteiger partial charge in [0.15, 0.2) is 15.8 Å². The standard InChI is InChI=1S/C29H39N3O8Si/c1-29(2,3)40-28(36)32-17-23-15-24(39-19-37-4)10-9-22(23)18-41(32)25(33)16-30-26(34)20-5-7-21(8-6-20)27(35)31-11-13-38-14-12-31/h5-10,15,25,33,41H,11-14,16-19H2,1-4H3,(H,30,34)/t25-,41-/m0/s1. The molecule has 2 atom stereocenters. The van der Waals surface area contributed by atoms with Crippen LogP contribution in [0, 0.1) is 0 Å². The molecule has 2 aliphatic heterocycles. The zero-order chi connectivity index (χ0) is 29.6. The molecule has 1 saturated heterocycles. The van der Waals surface area contributed by atoms with Crippen molar-refractivity contribution in [2.45, 2.75) is 44.7 Å². The number of nitrogens with one attached hydrogen (secondary N) is 1. The molecule has 0 aliphatic carbocycles.